The van der Waals surface area contributed by atoms with Crippen molar-refractivity contribution in [1.29, 1.82) is 0 Å². The summed E-state index contributed by atoms with van der Waals surface area (Å²) in [6.45, 7) is 2.90. The van der Waals surface area contributed by atoms with Crippen LogP contribution in [0.25, 0.3) is 0 Å². The molecule has 0 bridgehead atoms. The van der Waals surface area contributed by atoms with Crippen molar-refractivity contribution in [2.24, 2.45) is 11.1 Å². The largest absolute Gasteiger partial charge is 0.394 e. The second-order valence-electron chi connectivity index (χ2n) is 4.72. The van der Waals surface area contributed by atoms with Gasteiger partial charge in [0.15, 0.2) is 0 Å². The number of carbonyl (C=O) groups excluding carboxylic acids is 2. The highest BCUT2D eigenvalue weighted by Crippen LogP contribution is 2.47. The lowest BCUT2D eigenvalue weighted by molar-refractivity contribution is -0.148. The number of amides is 2. The summed E-state index contributed by atoms with van der Waals surface area (Å²) in [5.41, 5.74) is 4.14. The van der Waals surface area contributed by atoms with E-state index < -0.39 is 23.4 Å². The van der Waals surface area contributed by atoms with Gasteiger partial charge in [-0.05, 0) is 26.7 Å². The normalized spacial score (nSPS) is 20.5. The molecular formula is C11H20N2O4. The van der Waals surface area contributed by atoms with E-state index in [9.17, 15) is 9.59 Å². The predicted molar refractivity (Wildman–Crippen MR) is 60.8 cm³/mol. The maximum atomic E-state index is 12.3. The van der Waals surface area contributed by atoms with E-state index in [2.05, 4.69) is 0 Å². The van der Waals surface area contributed by atoms with Crippen molar-refractivity contribution in [3.8, 4) is 0 Å². The molecule has 0 aliphatic heterocycles. The summed E-state index contributed by atoms with van der Waals surface area (Å²) in [6, 6.07) is -0.886. The summed E-state index contributed by atoms with van der Waals surface area (Å²) in [4.78, 5) is 24.9. The Morgan fingerprint density at radius 2 is 1.65 bits per heavy atom. The fourth-order valence-corrected chi connectivity index (χ4v) is 1.95. The number of hydrogen-bond donors (Lipinski definition) is 3. The Morgan fingerprint density at radius 3 is 1.88 bits per heavy atom. The molecule has 0 aromatic heterocycles. The molecule has 1 saturated carbocycles. The molecule has 0 heterocycles. The topological polar surface area (TPSA) is 104 Å². The molecule has 1 rings (SSSR count). The highest BCUT2D eigenvalue weighted by Gasteiger charge is 2.57. The first-order chi connectivity index (χ1) is 7.90. The Balaban J connectivity index is 2.91. The van der Waals surface area contributed by atoms with Crippen LogP contribution in [-0.2, 0) is 9.59 Å². The van der Waals surface area contributed by atoms with Gasteiger partial charge < -0.3 is 20.8 Å². The lowest BCUT2D eigenvalue weighted by Crippen LogP contribution is -2.53. The van der Waals surface area contributed by atoms with Gasteiger partial charge in [0.2, 0.25) is 11.8 Å². The van der Waals surface area contributed by atoms with Crippen molar-refractivity contribution in [3.63, 3.8) is 0 Å². The molecule has 1 fully saturated rings. The Morgan fingerprint density at radius 1 is 1.24 bits per heavy atom. The number of carbonyl (C=O) groups is 2. The van der Waals surface area contributed by atoms with Gasteiger partial charge in [-0.25, -0.2) is 0 Å². The SMILES string of the molecule is C[C@H](CO)N(C(=O)C1(C(N)=O)CC1)[C@H](C)CO. The van der Waals surface area contributed by atoms with Gasteiger partial charge in [0.05, 0.1) is 25.3 Å². The van der Waals surface area contributed by atoms with Crippen molar-refractivity contribution < 1.29 is 19.8 Å². The molecule has 1 aliphatic carbocycles. The molecule has 0 spiro atoms. The lowest BCUT2D eigenvalue weighted by Gasteiger charge is -2.35. The van der Waals surface area contributed by atoms with E-state index in [0.29, 0.717) is 12.8 Å². The van der Waals surface area contributed by atoms with Crippen LogP contribution in [0.4, 0.5) is 0 Å². The zero-order valence-electron chi connectivity index (χ0n) is 10.2. The minimum Gasteiger partial charge on any atom is -0.394 e. The summed E-state index contributed by atoms with van der Waals surface area (Å²) in [7, 11) is 0. The van der Waals surface area contributed by atoms with E-state index in [0.717, 1.165) is 0 Å². The molecule has 4 N–H and O–H groups in total. The van der Waals surface area contributed by atoms with Gasteiger partial charge in [-0.3, -0.25) is 9.59 Å². The summed E-state index contributed by atoms with van der Waals surface area (Å²) in [5, 5.41) is 18.3. The van der Waals surface area contributed by atoms with Crippen LogP contribution >= 0.6 is 0 Å². The molecule has 0 radical (unpaired) electrons. The maximum Gasteiger partial charge on any atom is 0.238 e. The fourth-order valence-electron chi connectivity index (χ4n) is 1.95. The first-order valence-electron chi connectivity index (χ1n) is 5.75. The quantitative estimate of drug-likeness (QED) is 0.513. The monoisotopic (exact) mass is 244 g/mol. The van der Waals surface area contributed by atoms with Crippen molar-refractivity contribution in [1.82, 2.24) is 4.90 Å². The van der Waals surface area contributed by atoms with Gasteiger partial charge >= 0.3 is 0 Å². The third-order valence-electron chi connectivity index (χ3n) is 3.34. The maximum absolute atomic E-state index is 12.3. The van der Waals surface area contributed by atoms with Gasteiger partial charge in [0, 0.05) is 0 Å². The predicted octanol–water partition coefficient (Wildman–Crippen LogP) is -1.16. The number of aliphatic hydroxyl groups excluding tert-OH is 2. The highest BCUT2D eigenvalue weighted by molar-refractivity contribution is 6.07. The lowest BCUT2D eigenvalue weighted by atomic mass is 10.0. The number of nitrogens with two attached hydrogens (primary N) is 1. The fraction of sp³-hybridized carbons (Fsp3) is 0.818. The molecule has 6 nitrogen and oxygen atoms in total. The van der Waals surface area contributed by atoms with E-state index in [1.165, 1.54) is 4.90 Å². The van der Waals surface area contributed by atoms with Gasteiger partial charge in [-0.15, -0.1) is 0 Å². The zero-order chi connectivity index (χ0) is 13.2. The molecule has 0 saturated heterocycles. The van der Waals surface area contributed by atoms with Crippen LogP contribution in [0.3, 0.4) is 0 Å². The Hall–Kier alpha value is -1.14. The first-order valence-corrected chi connectivity index (χ1v) is 5.75. The first kappa shape index (κ1) is 13.9. The molecule has 2 atom stereocenters. The summed E-state index contributed by atoms with van der Waals surface area (Å²) in [5.74, 6) is -1.00. The minimum atomic E-state index is -1.10. The van der Waals surface area contributed by atoms with Gasteiger partial charge in [0.1, 0.15) is 5.41 Å². The smallest absolute Gasteiger partial charge is 0.238 e. The van der Waals surface area contributed by atoms with Crippen molar-refractivity contribution in [3.05, 3.63) is 0 Å². The van der Waals surface area contributed by atoms with Gasteiger partial charge in [0.25, 0.3) is 0 Å². The second kappa shape index (κ2) is 5.01. The van der Waals surface area contributed by atoms with Crippen LogP contribution in [0.15, 0.2) is 0 Å². The van der Waals surface area contributed by atoms with E-state index in [-0.39, 0.29) is 19.1 Å². The standard InChI is InChI=1S/C11H20N2O4/c1-7(5-14)13(8(2)6-15)10(17)11(3-4-11)9(12)16/h7-8,14-15H,3-6H2,1-2H3,(H2,12,16)/t7-,8-/m1/s1. The number of nitrogens with zero attached hydrogens (tertiary/aromatic N) is 1. The number of primary amides is 1. The highest BCUT2D eigenvalue weighted by atomic mass is 16.3. The zero-order valence-corrected chi connectivity index (χ0v) is 10.2. The Kier molecular flexibility index (Phi) is 4.11. The van der Waals surface area contributed by atoms with Crippen LogP contribution < -0.4 is 5.73 Å². The molecule has 2 amide bonds. The van der Waals surface area contributed by atoms with E-state index in [1.54, 1.807) is 13.8 Å². The molecule has 0 aromatic rings. The average molecular weight is 244 g/mol. The molecule has 98 valence electrons. The molecule has 1 aliphatic rings. The Labute approximate surface area is 100 Å². The second-order valence-corrected chi connectivity index (χ2v) is 4.72. The van der Waals surface area contributed by atoms with E-state index in [4.69, 9.17) is 15.9 Å². The number of aliphatic hydroxyl groups is 2. The Bertz CT molecular complexity index is 305. The van der Waals surface area contributed by atoms with E-state index >= 15 is 0 Å². The average Bonchev–Trinajstić information content (AvgIpc) is 3.09. The van der Waals surface area contributed by atoms with Crippen molar-refractivity contribution in [2.45, 2.75) is 38.8 Å². The summed E-state index contributed by atoms with van der Waals surface area (Å²) < 4.78 is 0. The van der Waals surface area contributed by atoms with E-state index in [1.807, 2.05) is 0 Å². The van der Waals surface area contributed by atoms with Gasteiger partial charge in [-0.1, -0.05) is 0 Å². The number of hydrogen-bond acceptors (Lipinski definition) is 4. The molecule has 17 heavy (non-hydrogen) atoms. The van der Waals surface area contributed by atoms with Crippen LogP contribution in [0, 0.1) is 5.41 Å². The molecule has 6 heteroatoms. The molecule has 0 unspecified atom stereocenters. The van der Waals surface area contributed by atoms with Crippen LogP contribution in [0.1, 0.15) is 26.7 Å². The van der Waals surface area contributed by atoms with Crippen LogP contribution in [0.2, 0.25) is 0 Å². The third-order valence-corrected chi connectivity index (χ3v) is 3.34. The van der Waals surface area contributed by atoms with Crippen molar-refractivity contribution >= 4 is 11.8 Å². The third kappa shape index (κ3) is 2.42. The summed E-state index contributed by atoms with van der Waals surface area (Å²) >= 11 is 0. The number of rotatable bonds is 6. The van der Waals surface area contributed by atoms with Crippen LogP contribution in [-0.4, -0.2) is 52.2 Å². The van der Waals surface area contributed by atoms with Crippen molar-refractivity contribution in [2.75, 3.05) is 13.2 Å². The minimum absolute atomic E-state index is 0.217. The van der Waals surface area contributed by atoms with Crippen LogP contribution in [0.5, 0.6) is 0 Å². The summed E-state index contributed by atoms with van der Waals surface area (Å²) in [6.07, 6.45) is 0.905. The molecular weight excluding hydrogens is 224 g/mol. The van der Waals surface area contributed by atoms with Gasteiger partial charge in [-0.2, -0.15) is 0 Å². The molecule has 0 aromatic carbocycles.